The molecule has 1 saturated heterocycles. The van der Waals surface area contributed by atoms with Gasteiger partial charge >= 0.3 is 0 Å². The summed E-state index contributed by atoms with van der Waals surface area (Å²) in [7, 11) is 0. The smallest absolute Gasteiger partial charge is 0.296 e. The van der Waals surface area contributed by atoms with Crippen molar-refractivity contribution in [2.45, 2.75) is 33.0 Å². The molecule has 5 rings (SSSR count). The van der Waals surface area contributed by atoms with Gasteiger partial charge in [0.2, 0.25) is 0 Å². The summed E-state index contributed by atoms with van der Waals surface area (Å²) in [5, 5.41) is 11.2. The summed E-state index contributed by atoms with van der Waals surface area (Å²) in [4.78, 5) is 27.5. The topological polar surface area (TPSA) is 93.1 Å². The van der Waals surface area contributed by atoms with Crippen molar-refractivity contribution in [3.05, 3.63) is 119 Å². The third kappa shape index (κ3) is 4.43. The zero-order valence-corrected chi connectivity index (χ0v) is 19.9. The van der Waals surface area contributed by atoms with E-state index in [9.17, 15) is 14.7 Å². The number of aliphatic hydroxyl groups excluding tert-OH is 1. The number of likely N-dealkylation sites (tertiary alicyclic amines) is 1. The molecule has 3 heterocycles. The number of hydrogen-bond acceptors (Lipinski definition) is 6. The number of nitrogens with zero attached hydrogens (tertiary/aromatic N) is 1. The van der Waals surface area contributed by atoms with E-state index in [0.29, 0.717) is 35.2 Å². The molecule has 2 aromatic heterocycles. The van der Waals surface area contributed by atoms with E-state index in [1.807, 2.05) is 31.2 Å². The Morgan fingerprint density at radius 1 is 0.972 bits per heavy atom. The molecule has 2 aromatic carbocycles. The van der Waals surface area contributed by atoms with Crippen molar-refractivity contribution in [3.8, 4) is 5.75 Å². The number of hydrogen-bond donors (Lipinski definition) is 1. The van der Waals surface area contributed by atoms with Crippen LogP contribution in [-0.2, 0) is 22.7 Å². The molecular weight excluding hydrogens is 458 g/mol. The fraction of sp³-hybridized carbons (Fsp3) is 0.172. The molecule has 0 bridgehead atoms. The van der Waals surface area contributed by atoms with Crippen LogP contribution < -0.4 is 4.74 Å². The number of Topliss-reactive ketones (excluding diaryl/α,β-unsaturated/α-hetero) is 1. The van der Waals surface area contributed by atoms with Crippen molar-refractivity contribution in [2.24, 2.45) is 0 Å². The Kier molecular flexibility index (Phi) is 6.21. The van der Waals surface area contributed by atoms with E-state index in [0.717, 1.165) is 11.1 Å². The van der Waals surface area contributed by atoms with Crippen molar-refractivity contribution < 1.29 is 28.3 Å². The van der Waals surface area contributed by atoms with E-state index >= 15 is 0 Å². The standard InChI is InChI=1S/C29H25NO6/c1-18-6-3-4-7-21(18)17-35-22-12-10-20(11-13-22)27(31)25-26(24-14-9-19(2)36-24)30(29(33)28(25)32)16-23-8-5-15-34-23/h3-15,26,31H,16-17H2,1-2H3/b27-25+. The van der Waals surface area contributed by atoms with Gasteiger partial charge in [-0.1, -0.05) is 24.3 Å². The average Bonchev–Trinajstić information content (AvgIpc) is 3.61. The minimum Gasteiger partial charge on any atom is -0.507 e. The predicted molar refractivity (Wildman–Crippen MR) is 132 cm³/mol. The van der Waals surface area contributed by atoms with Gasteiger partial charge in [0, 0.05) is 5.56 Å². The number of carbonyl (C=O) groups is 2. The molecule has 1 amide bonds. The van der Waals surface area contributed by atoms with Gasteiger partial charge in [-0.25, -0.2) is 0 Å². The monoisotopic (exact) mass is 483 g/mol. The van der Waals surface area contributed by atoms with Crippen molar-refractivity contribution >= 4 is 17.4 Å². The highest BCUT2D eigenvalue weighted by Gasteiger charge is 2.47. The molecule has 0 spiro atoms. The fourth-order valence-electron chi connectivity index (χ4n) is 4.31. The van der Waals surface area contributed by atoms with Crippen molar-refractivity contribution in [3.63, 3.8) is 0 Å². The second-order valence-corrected chi connectivity index (χ2v) is 8.69. The SMILES string of the molecule is Cc1ccc(C2/C(=C(\O)c3ccc(OCc4ccccc4C)cc3)C(=O)C(=O)N2Cc2ccco2)o1. The molecule has 1 aliphatic heterocycles. The average molecular weight is 484 g/mol. The molecule has 1 fully saturated rings. The number of carbonyl (C=O) groups excluding carboxylic acids is 2. The molecule has 7 heteroatoms. The van der Waals surface area contributed by atoms with Crippen LogP contribution in [0.2, 0.25) is 0 Å². The van der Waals surface area contributed by atoms with E-state index < -0.39 is 17.7 Å². The number of ketones is 1. The Balaban J connectivity index is 1.45. The first kappa shape index (κ1) is 23.2. The maximum Gasteiger partial charge on any atom is 0.296 e. The lowest BCUT2D eigenvalue weighted by molar-refractivity contribution is -0.140. The van der Waals surface area contributed by atoms with Gasteiger partial charge < -0.3 is 23.6 Å². The number of amides is 1. The fourth-order valence-corrected chi connectivity index (χ4v) is 4.31. The molecule has 182 valence electrons. The van der Waals surface area contributed by atoms with Crippen LogP contribution in [0.25, 0.3) is 5.76 Å². The molecule has 1 atom stereocenters. The van der Waals surface area contributed by atoms with Gasteiger partial charge in [0.1, 0.15) is 41.4 Å². The van der Waals surface area contributed by atoms with Crippen LogP contribution in [0.1, 0.15) is 40.0 Å². The summed E-state index contributed by atoms with van der Waals surface area (Å²) in [6, 6.07) is 20.7. The van der Waals surface area contributed by atoms with Crippen LogP contribution in [0.15, 0.2) is 93.5 Å². The second kappa shape index (κ2) is 9.62. The van der Waals surface area contributed by atoms with E-state index in [-0.39, 0.29) is 17.9 Å². The number of ether oxygens (including phenoxy) is 1. The van der Waals surface area contributed by atoms with Gasteiger partial charge in [0.15, 0.2) is 0 Å². The van der Waals surface area contributed by atoms with Gasteiger partial charge in [-0.15, -0.1) is 0 Å². The van der Waals surface area contributed by atoms with Crippen molar-refractivity contribution in [1.82, 2.24) is 4.90 Å². The van der Waals surface area contributed by atoms with Crippen LogP contribution in [-0.4, -0.2) is 21.7 Å². The second-order valence-electron chi connectivity index (χ2n) is 8.69. The van der Waals surface area contributed by atoms with Crippen LogP contribution in [0.5, 0.6) is 5.75 Å². The van der Waals surface area contributed by atoms with Crippen LogP contribution in [0.3, 0.4) is 0 Å². The lowest BCUT2D eigenvalue weighted by Crippen LogP contribution is -2.28. The molecule has 1 N–H and O–H groups in total. The molecule has 1 unspecified atom stereocenters. The van der Waals surface area contributed by atoms with Gasteiger partial charge in [-0.3, -0.25) is 9.59 Å². The van der Waals surface area contributed by atoms with Crippen molar-refractivity contribution in [2.75, 3.05) is 0 Å². The van der Waals surface area contributed by atoms with E-state index in [1.54, 1.807) is 55.5 Å². The maximum absolute atomic E-state index is 13.1. The van der Waals surface area contributed by atoms with Gasteiger partial charge in [-0.2, -0.15) is 0 Å². The zero-order valence-electron chi connectivity index (χ0n) is 19.9. The maximum atomic E-state index is 13.1. The summed E-state index contributed by atoms with van der Waals surface area (Å²) in [6.45, 7) is 4.27. The summed E-state index contributed by atoms with van der Waals surface area (Å²) in [6.07, 6.45) is 1.50. The normalized spacial score (nSPS) is 17.1. The number of benzene rings is 2. The molecule has 36 heavy (non-hydrogen) atoms. The highest BCUT2D eigenvalue weighted by atomic mass is 16.5. The lowest BCUT2D eigenvalue weighted by atomic mass is 9.99. The summed E-state index contributed by atoms with van der Waals surface area (Å²) in [5.74, 6) is 0.358. The van der Waals surface area contributed by atoms with Gasteiger partial charge in [0.25, 0.3) is 11.7 Å². The summed E-state index contributed by atoms with van der Waals surface area (Å²) in [5.41, 5.74) is 2.58. The summed E-state index contributed by atoms with van der Waals surface area (Å²) < 4.78 is 17.1. The molecule has 0 radical (unpaired) electrons. The highest BCUT2D eigenvalue weighted by Crippen LogP contribution is 2.41. The number of aliphatic hydroxyl groups is 1. The Morgan fingerprint density at radius 2 is 1.75 bits per heavy atom. The number of aryl methyl sites for hydroxylation is 2. The summed E-state index contributed by atoms with van der Waals surface area (Å²) >= 11 is 0. The van der Waals surface area contributed by atoms with Crippen LogP contribution in [0.4, 0.5) is 0 Å². The first-order chi connectivity index (χ1) is 17.4. The van der Waals surface area contributed by atoms with E-state index in [2.05, 4.69) is 0 Å². The number of furan rings is 2. The largest absolute Gasteiger partial charge is 0.507 e. The predicted octanol–water partition coefficient (Wildman–Crippen LogP) is 5.69. The first-order valence-electron chi connectivity index (χ1n) is 11.6. The zero-order chi connectivity index (χ0) is 25.2. The van der Waals surface area contributed by atoms with Gasteiger partial charge in [0.05, 0.1) is 18.4 Å². The molecule has 4 aromatic rings. The molecular formula is C29H25NO6. The van der Waals surface area contributed by atoms with Crippen LogP contribution >= 0.6 is 0 Å². The highest BCUT2D eigenvalue weighted by molar-refractivity contribution is 6.46. The molecule has 0 aliphatic carbocycles. The van der Waals surface area contributed by atoms with Crippen molar-refractivity contribution in [1.29, 1.82) is 0 Å². The Labute approximate surface area is 208 Å². The van der Waals surface area contributed by atoms with E-state index in [4.69, 9.17) is 13.6 Å². The van der Waals surface area contributed by atoms with Crippen LogP contribution in [0, 0.1) is 13.8 Å². The van der Waals surface area contributed by atoms with E-state index in [1.165, 1.54) is 11.2 Å². The minimum absolute atomic E-state index is 0.0329. The third-order valence-electron chi connectivity index (χ3n) is 6.26. The Morgan fingerprint density at radius 3 is 2.42 bits per heavy atom. The molecule has 7 nitrogen and oxygen atoms in total. The quantitative estimate of drug-likeness (QED) is 0.206. The Bertz CT molecular complexity index is 1430. The lowest BCUT2D eigenvalue weighted by Gasteiger charge is -2.22. The molecule has 0 saturated carbocycles. The number of rotatable bonds is 7. The minimum atomic E-state index is -0.888. The van der Waals surface area contributed by atoms with Gasteiger partial charge in [-0.05, 0) is 73.5 Å². The Hall–Kier alpha value is -4.52. The first-order valence-corrected chi connectivity index (χ1v) is 11.6. The third-order valence-corrected chi connectivity index (χ3v) is 6.26. The molecule has 1 aliphatic rings.